The van der Waals surface area contributed by atoms with E-state index in [0.717, 1.165) is 22.5 Å². The molecule has 1 aromatic heterocycles. The SMILES string of the molecule is COc1cn(COCC[Si](C)(C)C)nc1CI. The number of hydrogen-bond donors (Lipinski definition) is 0. The van der Waals surface area contributed by atoms with E-state index in [1.807, 2.05) is 6.20 Å². The zero-order valence-corrected chi connectivity index (χ0v) is 14.2. The van der Waals surface area contributed by atoms with Gasteiger partial charge in [0.05, 0.1) is 13.3 Å². The van der Waals surface area contributed by atoms with Gasteiger partial charge in [0.1, 0.15) is 12.4 Å². The van der Waals surface area contributed by atoms with Gasteiger partial charge in [-0.2, -0.15) is 5.10 Å². The van der Waals surface area contributed by atoms with Crippen molar-refractivity contribution < 1.29 is 9.47 Å². The molecule has 0 atom stereocenters. The Morgan fingerprint density at radius 2 is 2.12 bits per heavy atom. The van der Waals surface area contributed by atoms with Gasteiger partial charge in [-0.15, -0.1) is 0 Å². The van der Waals surface area contributed by atoms with Crippen molar-refractivity contribution >= 4 is 30.7 Å². The molecule has 0 fully saturated rings. The lowest BCUT2D eigenvalue weighted by Crippen LogP contribution is -2.22. The molecular formula is C11H21IN2O2Si. The van der Waals surface area contributed by atoms with Crippen molar-refractivity contribution in [3.05, 3.63) is 11.9 Å². The van der Waals surface area contributed by atoms with Gasteiger partial charge in [0, 0.05) is 19.1 Å². The van der Waals surface area contributed by atoms with Gasteiger partial charge in [0.25, 0.3) is 0 Å². The lowest BCUT2D eigenvalue weighted by atomic mass is 10.4. The summed E-state index contributed by atoms with van der Waals surface area (Å²) in [6, 6.07) is 1.19. The maximum Gasteiger partial charge on any atom is 0.160 e. The molecule has 6 heteroatoms. The molecule has 17 heavy (non-hydrogen) atoms. The Morgan fingerprint density at radius 1 is 1.41 bits per heavy atom. The fourth-order valence-electron chi connectivity index (χ4n) is 1.31. The highest BCUT2D eigenvalue weighted by Crippen LogP contribution is 2.19. The van der Waals surface area contributed by atoms with Crippen molar-refractivity contribution in [1.29, 1.82) is 0 Å². The van der Waals surface area contributed by atoms with Gasteiger partial charge in [-0.05, 0) is 6.04 Å². The molecule has 1 rings (SSSR count). The van der Waals surface area contributed by atoms with E-state index in [0.29, 0.717) is 6.73 Å². The third kappa shape index (κ3) is 5.39. The second-order valence-corrected chi connectivity index (χ2v) is 11.5. The molecule has 0 aliphatic carbocycles. The molecule has 98 valence electrons. The minimum absolute atomic E-state index is 0.511. The van der Waals surface area contributed by atoms with Gasteiger partial charge in [0.2, 0.25) is 0 Å². The smallest absolute Gasteiger partial charge is 0.160 e. The normalized spacial score (nSPS) is 11.8. The highest BCUT2D eigenvalue weighted by Gasteiger charge is 2.12. The average Bonchev–Trinajstić information content (AvgIpc) is 2.65. The van der Waals surface area contributed by atoms with Gasteiger partial charge in [-0.25, -0.2) is 4.68 Å². The summed E-state index contributed by atoms with van der Waals surface area (Å²) < 4.78 is 13.5. The summed E-state index contributed by atoms with van der Waals surface area (Å²) in [5.41, 5.74) is 0.974. The van der Waals surface area contributed by atoms with Gasteiger partial charge < -0.3 is 9.47 Å². The van der Waals surface area contributed by atoms with E-state index in [2.05, 4.69) is 47.3 Å². The van der Waals surface area contributed by atoms with E-state index in [9.17, 15) is 0 Å². The molecule has 0 bridgehead atoms. The minimum atomic E-state index is -0.995. The topological polar surface area (TPSA) is 36.3 Å². The predicted octanol–water partition coefficient (Wildman–Crippen LogP) is 3.14. The molecule has 0 radical (unpaired) electrons. The van der Waals surface area contributed by atoms with Crippen LogP contribution in [0.1, 0.15) is 5.69 Å². The van der Waals surface area contributed by atoms with Gasteiger partial charge in [-0.3, -0.25) is 0 Å². The molecular weight excluding hydrogens is 347 g/mol. The van der Waals surface area contributed by atoms with E-state index in [1.54, 1.807) is 11.8 Å². The first-order valence-corrected chi connectivity index (χ1v) is 10.9. The summed E-state index contributed by atoms with van der Waals surface area (Å²) in [4.78, 5) is 0. The summed E-state index contributed by atoms with van der Waals surface area (Å²) in [7, 11) is 0.674. The number of methoxy groups -OCH3 is 1. The Balaban J connectivity index is 2.39. The minimum Gasteiger partial charge on any atom is -0.493 e. The van der Waals surface area contributed by atoms with E-state index in [4.69, 9.17) is 9.47 Å². The van der Waals surface area contributed by atoms with Crippen LogP contribution >= 0.6 is 22.6 Å². The van der Waals surface area contributed by atoms with Crippen molar-refractivity contribution in [3.63, 3.8) is 0 Å². The number of hydrogen-bond acceptors (Lipinski definition) is 3. The lowest BCUT2D eigenvalue weighted by Gasteiger charge is -2.15. The molecule has 0 aromatic carbocycles. The Kier molecular flexibility index (Phi) is 5.94. The number of halogens is 1. The zero-order valence-electron chi connectivity index (χ0n) is 11.0. The summed E-state index contributed by atoms with van der Waals surface area (Å²) in [5.74, 6) is 0.841. The van der Waals surface area contributed by atoms with Gasteiger partial charge >= 0.3 is 0 Å². The maximum atomic E-state index is 5.63. The Bertz CT molecular complexity index is 328. The quantitative estimate of drug-likeness (QED) is 0.321. The molecule has 0 saturated carbocycles. The van der Waals surface area contributed by atoms with Crippen LogP contribution in [0, 0.1) is 0 Å². The molecule has 1 heterocycles. The van der Waals surface area contributed by atoms with E-state index < -0.39 is 8.07 Å². The maximum absolute atomic E-state index is 5.63. The molecule has 1 aromatic rings. The Labute approximate surface area is 118 Å². The van der Waals surface area contributed by atoms with Crippen molar-refractivity contribution in [2.75, 3.05) is 13.7 Å². The Hall–Kier alpha value is -0.0831. The third-order valence-corrected chi connectivity index (χ3v) is 4.79. The van der Waals surface area contributed by atoms with Crippen LogP contribution in [0.5, 0.6) is 5.75 Å². The first kappa shape index (κ1) is 15.0. The molecule has 0 spiro atoms. The summed E-state index contributed by atoms with van der Waals surface area (Å²) in [6.45, 7) is 8.37. The van der Waals surface area contributed by atoms with Crippen LogP contribution < -0.4 is 4.74 Å². The fourth-order valence-corrected chi connectivity index (χ4v) is 2.59. The van der Waals surface area contributed by atoms with Crippen LogP contribution in [0.25, 0.3) is 0 Å². The molecule has 0 unspecified atom stereocenters. The number of nitrogens with zero attached hydrogens (tertiary/aromatic N) is 2. The number of ether oxygens (including phenoxy) is 2. The van der Waals surface area contributed by atoms with E-state index in [-0.39, 0.29) is 0 Å². The zero-order chi connectivity index (χ0) is 12.9. The summed E-state index contributed by atoms with van der Waals surface area (Å²) in [6.07, 6.45) is 1.89. The second-order valence-electron chi connectivity index (χ2n) is 5.17. The summed E-state index contributed by atoms with van der Waals surface area (Å²) in [5, 5.41) is 4.40. The number of rotatable bonds is 7. The van der Waals surface area contributed by atoms with Crippen LogP contribution in [0.15, 0.2) is 6.20 Å². The first-order valence-electron chi connectivity index (χ1n) is 5.70. The summed E-state index contributed by atoms with van der Waals surface area (Å²) >= 11 is 2.28. The molecule has 0 saturated heterocycles. The van der Waals surface area contributed by atoms with Crippen LogP contribution in [0.2, 0.25) is 25.7 Å². The largest absolute Gasteiger partial charge is 0.493 e. The highest BCUT2D eigenvalue weighted by molar-refractivity contribution is 14.1. The highest BCUT2D eigenvalue weighted by atomic mass is 127. The van der Waals surface area contributed by atoms with Crippen LogP contribution in [-0.2, 0) is 15.9 Å². The van der Waals surface area contributed by atoms with Gasteiger partial charge in [0.15, 0.2) is 5.75 Å². The Morgan fingerprint density at radius 3 is 2.59 bits per heavy atom. The monoisotopic (exact) mass is 368 g/mol. The van der Waals surface area contributed by atoms with Crippen molar-refractivity contribution in [2.24, 2.45) is 0 Å². The molecule has 4 nitrogen and oxygen atoms in total. The van der Waals surface area contributed by atoms with Crippen LogP contribution in [0.3, 0.4) is 0 Å². The van der Waals surface area contributed by atoms with Crippen LogP contribution in [-0.4, -0.2) is 31.6 Å². The van der Waals surface area contributed by atoms with Crippen molar-refractivity contribution in [3.8, 4) is 5.75 Å². The third-order valence-electron chi connectivity index (χ3n) is 2.37. The number of alkyl halides is 1. The first-order chi connectivity index (χ1) is 7.96. The lowest BCUT2D eigenvalue weighted by molar-refractivity contribution is 0.0782. The van der Waals surface area contributed by atoms with Gasteiger partial charge in [-0.1, -0.05) is 42.2 Å². The standard InChI is InChI=1S/C11H21IN2O2Si/c1-15-11-8-14(13-10(11)7-12)9-16-5-6-17(2,3)4/h8H,5-7,9H2,1-4H3. The fraction of sp³-hybridized carbons (Fsp3) is 0.727. The molecule has 0 amide bonds. The molecule has 0 aliphatic rings. The van der Waals surface area contributed by atoms with Crippen molar-refractivity contribution in [1.82, 2.24) is 9.78 Å². The molecule has 0 aliphatic heterocycles. The van der Waals surface area contributed by atoms with E-state index in [1.165, 1.54) is 6.04 Å². The number of aromatic nitrogens is 2. The second kappa shape index (κ2) is 6.74. The van der Waals surface area contributed by atoms with Crippen LogP contribution in [0.4, 0.5) is 0 Å². The van der Waals surface area contributed by atoms with Crippen molar-refractivity contribution in [2.45, 2.75) is 36.8 Å². The predicted molar refractivity (Wildman–Crippen MR) is 80.6 cm³/mol. The van der Waals surface area contributed by atoms with E-state index >= 15 is 0 Å². The molecule has 0 N–H and O–H groups in total. The average molecular weight is 368 g/mol.